The average Bonchev–Trinajstić information content (AvgIpc) is 2.36. The molecule has 0 saturated carbocycles. The van der Waals surface area contributed by atoms with E-state index in [2.05, 4.69) is 6.92 Å². The fourth-order valence-corrected chi connectivity index (χ4v) is 1.49. The maximum Gasteiger partial charge on any atom is 0.338 e. The van der Waals surface area contributed by atoms with Crippen LogP contribution in [0.25, 0.3) is 0 Å². The smallest absolute Gasteiger partial charge is 0.338 e. The first-order valence-electron chi connectivity index (χ1n) is 5.99. The Morgan fingerprint density at radius 1 is 1.06 bits per heavy atom. The van der Waals surface area contributed by atoms with Crippen molar-refractivity contribution in [2.45, 2.75) is 33.1 Å². The molecule has 0 amide bonds. The number of carbonyl (C=O) groups is 2. The van der Waals surface area contributed by atoms with Crippen LogP contribution in [-0.4, -0.2) is 18.4 Å². The molecule has 0 aliphatic rings. The summed E-state index contributed by atoms with van der Waals surface area (Å²) < 4.78 is 4.87. The molecule has 0 aliphatic heterocycles. The second kappa shape index (κ2) is 6.84. The van der Waals surface area contributed by atoms with Gasteiger partial charge < -0.3 is 4.74 Å². The first-order chi connectivity index (χ1) is 8.19. The third-order valence-electron chi connectivity index (χ3n) is 2.48. The van der Waals surface area contributed by atoms with E-state index in [1.54, 1.807) is 31.2 Å². The van der Waals surface area contributed by atoms with E-state index < -0.39 is 0 Å². The fourth-order valence-electron chi connectivity index (χ4n) is 1.49. The van der Waals surface area contributed by atoms with Gasteiger partial charge in [-0.3, -0.25) is 4.79 Å². The number of unbranched alkanes of at least 4 members (excludes halogenated alkanes) is 1. The zero-order valence-electron chi connectivity index (χ0n) is 10.4. The van der Waals surface area contributed by atoms with Crippen molar-refractivity contribution in [3.63, 3.8) is 0 Å². The molecule has 0 radical (unpaired) electrons. The van der Waals surface area contributed by atoms with Crippen molar-refractivity contribution in [2.75, 3.05) is 6.61 Å². The van der Waals surface area contributed by atoms with Crippen LogP contribution in [0.5, 0.6) is 0 Å². The van der Waals surface area contributed by atoms with Crippen molar-refractivity contribution < 1.29 is 14.3 Å². The molecule has 92 valence electrons. The van der Waals surface area contributed by atoms with Crippen LogP contribution in [0.3, 0.4) is 0 Å². The highest BCUT2D eigenvalue weighted by Crippen LogP contribution is 2.10. The Morgan fingerprint density at radius 2 is 1.65 bits per heavy atom. The summed E-state index contributed by atoms with van der Waals surface area (Å²) in [6.45, 7) is 4.17. The lowest BCUT2D eigenvalue weighted by Crippen LogP contribution is -2.05. The van der Waals surface area contributed by atoms with Crippen LogP contribution in [-0.2, 0) is 4.74 Å². The first-order valence-corrected chi connectivity index (χ1v) is 5.99. The summed E-state index contributed by atoms with van der Waals surface area (Å²) in [7, 11) is 0. The van der Waals surface area contributed by atoms with Crippen molar-refractivity contribution in [3.8, 4) is 0 Å². The predicted octanol–water partition coefficient (Wildman–Crippen LogP) is 3.24. The first kappa shape index (κ1) is 13.4. The number of hydrogen-bond donors (Lipinski definition) is 0. The van der Waals surface area contributed by atoms with E-state index in [9.17, 15) is 9.59 Å². The zero-order chi connectivity index (χ0) is 12.7. The molecule has 0 fully saturated rings. The van der Waals surface area contributed by atoms with Crippen LogP contribution in [0, 0.1) is 0 Å². The van der Waals surface area contributed by atoms with E-state index in [1.807, 2.05) is 0 Å². The molecular weight excluding hydrogens is 216 g/mol. The molecule has 0 bridgehead atoms. The van der Waals surface area contributed by atoms with Crippen molar-refractivity contribution in [2.24, 2.45) is 0 Å². The summed E-state index contributed by atoms with van der Waals surface area (Å²) in [4.78, 5) is 23.1. The number of rotatable bonds is 6. The molecule has 0 saturated heterocycles. The van der Waals surface area contributed by atoms with E-state index in [0.717, 1.165) is 12.8 Å². The van der Waals surface area contributed by atoms with Gasteiger partial charge in [0.15, 0.2) is 5.78 Å². The van der Waals surface area contributed by atoms with Crippen molar-refractivity contribution in [1.82, 2.24) is 0 Å². The lowest BCUT2D eigenvalue weighted by Gasteiger charge is -2.03. The number of Topliss-reactive ketones (excluding diaryl/α,β-unsaturated/α-hetero) is 1. The number of hydrogen-bond acceptors (Lipinski definition) is 3. The summed E-state index contributed by atoms with van der Waals surface area (Å²) in [5.74, 6) is -0.220. The van der Waals surface area contributed by atoms with Gasteiger partial charge in [0.1, 0.15) is 0 Å². The van der Waals surface area contributed by atoms with Crippen LogP contribution in [0.2, 0.25) is 0 Å². The normalized spacial score (nSPS) is 10.0. The van der Waals surface area contributed by atoms with E-state index in [-0.39, 0.29) is 11.8 Å². The van der Waals surface area contributed by atoms with E-state index in [1.165, 1.54) is 0 Å². The maximum absolute atomic E-state index is 11.7. The average molecular weight is 234 g/mol. The summed E-state index contributed by atoms with van der Waals surface area (Å²) in [5, 5.41) is 0. The quantitative estimate of drug-likeness (QED) is 0.560. The highest BCUT2D eigenvalue weighted by molar-refractivity contribution is 5.97. The highest BCUT2D eigenvalue weighted by Gasteiger charge is 2.08. The number of carbonyl (C=O) groups excluding carboxylic acids is 2. The van der Waals surface area contributed by atoms with Gasteiger partial charge in [0.05, 0.1) is 12.2 Å². The van der Waals surface area contributed by atoms with Crippen LogP contribution in [0.4, 0.5) is 0 Å². The largest absolute Gasteiger partial charge is 0.462 e. The van der Waals surface area contributed by atoms with Crippen LogP contribution in [0.1, 0.15) is 53.8 Å². The van der Waals surface area contributed by atoms with Gasteiger partial charge in [-0.05, 0) is 25.5 Å². The maximum atomic E-state index is 11.7. The summed E-state index contributed by atoms with van der Waals surface area (Å²) in [6.07, 6.45) is 2.47. The Morgan fingerprint density at radius 3 is 2.18 bits per heavy atom. The van der Waals surface area contributed by atoms with Gasteiger partial charge in [0, 0.05) is 12.0 Å². The number of ether oxygens (including phenoxy) is 1. The van der Waals surface area contributed by atoms with Crippen LogP contribution in [0.15, 0.2) is 24.3 Å². The topological polar surface area (TPSA) is 43.4 Å². The Kier molecular flexibility index (Phi) is 5.40. The summed E-state index contributed by atoms with van der Waals surface area (Å²) in [6, 6.07) is 6.64. The molecule has 0 atom stereocenters. The predicted molar refractivity (Wildman–Crippen MR) is 66.3 cm³/mol. The van der Waals surface area contributed by atoms with Crippen molar-refractivity contribution >= 4 is 11.8 Å². The monoisotopic (exact) mass is 234 g/mol. The molecule has 1 aromatic rings. The van der Waals surface area contributed by atoms with Gasteiger partial charge in [0.2, 0.25) is 0 Å². The summed E-state index contributed by atoms with van der Waals surface area (Å²) in [5.41, 5.74) is 1.14. The molecule has 0 spiro atoms. The fraction of sp³-hybridized carbons (Fsp3) is 0.429. The van der Waals surface area contributed by atoms with Gasteiger partial charge in [-0.1, -0.05) is 25.5 Å². The minimum atomic E-state index is -0.347. The molecule has 0 N–H and O–H groups in total. The van der Waals surface area contributed by atoms with Crippen molar-refractivity contribution in [1.29, 1.82) is 0 Å². The number of ketones is 1. The summed E-state index contributed by atoms with van der Waals surface area (Å²) >= 11 is 0. The van der Waals surface area contributed by atoms with E-state index in [4.69, 9.17) is 4.74 Å². The van der Waals surface area contributed by atoms with E-state index >= 15 is 0 Å². The SMILES string of the molecule is CCCCC(=O)c1ccc(C(=O)OCC)cc1. The second-order valence-corrected chi connectivity index (χ2v) is 3.82. The van der Waals surface area contributed by atoms with Crippen molar-refractivity contribution in [3.05, 3.63) is 35.4 Å². The van der Waals surface area contributed by atoms with Gasteiger partial charge in [-0.25, -0.2) is 4.79 Å². The lowest BCUT2D eigenvalue weighted by molar-refractivity contribution is 0.0526. The van der Waals surface area contributed by atoms with Gasteiger partial charge >= 0.3 is 5.97 Å². The second-order valence-electron chi connectivity index (χ2n) is 3.82. The molecule has 0 heterocycles. The molecule has 0 aliphatic carbocycles. The Bertz CT molecular complexity index is 379. The third kappa shape index (κ3) is 4.02. The molecule has 1 aromatic carbocycles. The zero-order valence-corrected chi connectivity index (χ0v) is 10.4. The minimum absolute atomic E-state index is 0.127. The number of benzene rings is 1. The highest BCUT2D eigenvalue weighted by atomic mass is 16.5. The molecule has 1 rings (SSSR count). The number of esters is 1. The standard InChI is InChI=1S/C14H18O3/c1-3-5-6-13(15)11-7-9-12(10-8-11)14(16)17-4-2/h7-10H,3-6H2,1-2H3. The minimum Gasteiger partial charge on any atom is -0.462 e. The van der Waals surface area contributed by atoms with Gasteiger partial charge in [-0.2, -0.15) is 0 Å². The molecule has 17 heavy (non-hydrogen) atoms. The molecular formula is C14H18O3. The Hall–Kier alpha value is -1.64. The molecule has 0 unspecified atom stereocenters. The van der Waals surface area contributed by atoms with E-state index in [0.29, 0.717) is 24.2 Å². The van der Waals surface area contributed by atoms with Gasteiger partial charge in [-0.15, -0.1) is 0 Å². The third-order valence-corrected chi connectivity index (χ3v) is 2.48. The molecule has 0 aromatic heterocycles. The lowest BCUT2D eigenvalue weighted by atomic mass is 10.0. The molecule has 3 nitrogen and oxygen atoms in total. The van der Waals surface area contributed by atoms with Crippen LogP contribution < -0.4 is 0 Å². The Labute approximate surface area is 102 Å². The van der Waals surface area contributed by atoms with Gasteiger partial charge in [0.25, 0.3) is 0 Å². The molecule has 3 heteroatoms. The van der Waals surface area contributed by atoms with Crippen LogP contribution >= 0.6 is 0 Å². The Balaban J connectivity index is 2.67.